The smallest absolute Gasteiger partial charge is 0.146 e. The van der Waals surface area contributed by atoms with Crippen LogP contribution in [0.4, 0.5) is 5.69 Å². The van der Waals surface area contributed by atoms with E-state index in [1.165, 1.54) is 12.0 Å². The van der Waals surface area contributed by atoms with E-state index in [0.717, 1.165) is 31.4 Å². The van der Waals surface area contributed by atoms with Crippen LogP contribution in [0.15, 0.2) is 24.3 Å². The summed E-state index contributed by atoms with van der Waals surface area (Å²) in [5, 5.41) is 0. The molecule has 84 valence electrons. The number of ketones is 1. The van der Waals surface area contributed by atoms with Crippen LogP contribution in [0.5, 0.6) is 0 Å². The molecule has 0 aliphatic heterocycles. The Kier molecular flexibility index (Phi) is 2.06. The van der Waals surface area contributed by atoms with Gasteiger partial charge in [-0.05, 0) is 43.4 Å². The number of nitrogens with two attached hydrogens (primary N) is 1. The number of hydrogen-bond acceptors (Lipinski definition) is 2. The molecule has 0 heterocycles. The van der Waals surface area contributed by atoms with Crippen molar-refractivity contribution < 1.29 is 4.79 Å². The predicted octanol–water partition coefficient (Wildman–Crippen LogP) is 2.67. The second-order valence-corrected chi connectivity index (χ2v) is 5.20. The SMILES string of the molecule is Nc1ccc(C2(C(=O)C3CCC3)CC2)cc1. The van der Waals surface area contributed by atoms with Crippen molar-refractivity contribution in [3.05, 3.63) is 29.8 Å². The molecule has 1 aromatic carbocycles. The van der Waals surface area contributed by atoms with Crippen molar-refractivity contribution in [2.24, 2.45) is 5.92 Å². The Balaban J connectivity index is 1.87. The largest absolute Gasteiger partial charge is 0.399 e. The molecule has 0 atom stereocenters. The first-order chi connectivity index (χ1) is 7.72. The van der Waals surface area contributed by atoms with Gasteiger partial charge in [0.1, 0.15) is 5.78 Å². The fourth-order valence-corrected chi connectivity index (χ4v) is 2.67. The van der Waals surface area contributed by atoms with Crippen molar-refractivity contribution in [2.75, 3.05) is 5.73 Å². The summed E-state index contributed by atoms with van der Waals surface area (Å²) in [5.74, 6) is 0.837. The van der Waals surface area contributed by atoms with Crippen LogP contribution >= 0.6 is 0 Å². The average Bonchev–Trinajstić information content (AvgIpc) is 2.97. The number of carbonyl (C=O) groups excluding carboxylic acids is 1. The van der Waals surface area contributed by atoms with Crippen molar-refractivity contribution in [1.29, 1.82) is 0 Å². The zero-order valence-corrected chi connectivity index (χ0v) is 9.41. The predicted molar refractivity (Wildman–Crippen MR) is 64.1 cm³/mol. The maximum Gasteiger partial charge on any atom is 0.146 e. The van der Waals surface area contributed by atoms with E-state index in [1.54, 1.807) is 0 Å². The topological polar surface area (TPSA) is 43.1 Å². The highest BCUT2D eigenvalue weighted by molar-refractivity contribution is 5.95. The van der Waals surface area contributed by atoms with Crippen molar-refractivity contribution in [3.63, 3.8) is 0 Å². The minimum atomic E-state index is -0.126. The van der Waals surface area contributed by atoms with Gasteiger partial charge in [0.2, 0.25) is 0 Å². The first kappa shape index (κ1) is 9.88. The van der Waals surface area contributed by atoms with E-state index < -0.39 is 0 Å². The number of anilines is 1. The highest BCUT2D eigenvalue weighted by Gasteiger charge is 2.53. The number of nitrogen functional groups attached to an aromatic ring is 1. The van der Waals surface area contributed by atoms with Gasteiger partial charge in [-0.1, -0.05) is 18.6 Å². The Morgan fingerprint density at radius 1 is 1.19 bits per heavy atom. The Bertz CT molecular complexity index is 413. The van der Waals surface area contributed by atoms with Crippen molar-refractivity contribution in [1.82, 2.24) is 0 Å². The van der Waals surface area contributed by atoms with E-state index in [0.29, 0.717) is 11.7 Å². The fourth-order valence-electron chi connectivity index (χ4n) is 2.67. The minimum Gasteiger partial charge on any atom is -0.399 e. The summed E-state index contributed by atoms with van der Waals surface area (Å²) in [4.78, 5) is 12.4. The Morgan fingerprint density at radius 3 is 2.25 bits per heavy atom. The third-order valence-electron chi connectivity index (χ3n) is 4.16. The molecule has 2 fully saturated rings. The molecule has 0 bridgehead atoms. The Hall–Kier alpha value is -1.31. The molecule has 16 heavy (non-hydrogen) atoms. The number of carbonyl (C=O) groups is 1. The van der Waals surface area contributed by atoms with E-state index in [9.17, 15) is 4.79 Å². The van der Waals surface area contributed by atoms with Crippen LogP contribution in [-0.4, -0.2) is 5.78 Å². The second kappa shape index (κ2) is 3.34. The molecule has 2 aliphatic rings. The zero-order chi connectivity index (χ0) is 11.2. The molecule has 0 amide bonds. The van der Waals surface area contributed by atoms with Gasteiger partial charge in [0, 0.05) is 11.6 Å². The molecular formula is C14H17NO. The normalized spacial score (nSPS) is 22.5. The lowest BCUT2D eigenvalue weighted by atomic mass is 9.74. The number of hydrogen-bond donors (Lipinski definition) is 1. The van der Waals surface area contributed by atoms with Crippen molar-refractivity contribution >= 4 is 11.5 Å². The molecule has 0 saturated heterocycles. The minimum absolute atomic E-state index is 0.126. The monoisotopic (exact) mass is 215 g/mol. The molecule has 2 N–H and O–H groups in total. The third kappa shape index (κ3) is 1.36. The average molecular weight is 215 g/mol. The Morgan fingerprint density at radius 2 is 1.81 bits per heavy atom. The summed E-state index contributed by atoms with van der Waals surface area (Å²) in [6.07, 6.45) is 5.51. The zero-order valence-electron chi connectivity index (χ0n) is 9.41. The summed E-state index contributed by atoms with van der Waals surface area (Å²) in [6.45, 7) is 0. The van der Waals surface area contributed by atoms with Crippen LogP contribution in [0.1, 0.15) is 37.7 Å². The van der Waals surface area contributed by atoms with E-state index in [1.807, 2.05) is 24.3 Å². The van der Waals surface area contributed by atoms with Gasteiger partial charge in [-0.25, -0.2) is 0 Å². The van der Waals surface area contributed by atoms with Gasteiger partial charge in [0.15, 0.2) is 0 Å². The van der Waals surface area contributed by atoms with E-state index in [4.69, 9.17) is 5.73 Å². The van der Waals surface area contributed by atoms with Crippen molar-refractivity contribution in [3.8, 4) is 0 Å². The van der Waals surface area contributed by atoms with Crippen LogP contribution in [-0.2, 0) is 10.2 Å². The third-order valence-corrected chi connectivity index (χ3v) is 4.16. The second-order valence-electron chi connectivity index (χ2n) is 5.20. The lowest BCUT2D eigenvalue weighted by molar-refractivity contribution is -0.127. The summed E-state index contributed by atoms with van der Waals surface area (Å²) < 4.78 is 0. The van der Waals surface area contributed by atoms with Gasteiger partial charge < -0.3 is 5.73 Å². The number of benzene rings is 1. The van der Waals surface area contributed by atoms with Gasteiger partial charge in [0.25, 0.3) is 0 Å². The molecule has 0 aromatic heterocycles. The summed E-state index contributed by atoms with van der Waals surface area (Å²) in [5.41, 5.74) is 7.51. The van der Waals surface area contributed by atoms with Gasteiger partial charge in [0.05, 0.1) is 5.41 Å². The van der Waals surface area contributed by atoms with Gasteiger partial charge in [-0.15, -0.1) is 0 Å². The molecule has 2 heteroatoms. The van der Waals surface area contributed by atoms with Gasteiger partial charge in [-0.2, -0.15) is 0 Å². The Labute approximate surface area is 95.8 Å². The van der Waals surface area contributed by atoms with Crippen LogP contribution < -0.4 is 5.73 Å². The quantitative estimate of drug-likeness (QED) is 0.788. The summed E-state index contributed by atoms with van der Waals surface area (Å²) in [7, 11) is 0. The fraction of sp³-hybridized carbons (Fsp3) is 0.500. The first-order valence-corrected chi connectivity index (χ1v) is 6.13. The lowest BCUT2D eigenvalue weighted by Crippen LogP contribution is -2.32. The number of rotatable bonds is 3. The molecule has 0 unspecified atom stereocenters. The van der Waals surface area contributed by atoms with E-state index >= 15 is 0 Å². The molecule has 3 rings (SSSR count). The molecule has 2 saturated carbocycles. The molecule has 0 spiro atoms. The highest BCUT2D eigenvalue weighted by Crippen LogP contribution is 2.52. The van der Waals surface area contributed by atoms with Crippen LogP contribution in [0, 0.1) is 5.92 Å². The molecule has 2 aliphatic carbocycles. The molecular weight excluding hydrogens is 198 g/mol. The molecule has 1 aromatic rings. The standard InChI is InChI=1S/C14H17NO/c15-12-6-4-11(5-7-12)14(8-9-14)13(16)10-2-1-3-10/h4-7,10H,1-3,8-9,15H2. The summed E-state index contributed by atoms with van der Waals surface area (Å²) >= 11 is 0. The van der Waals surface area contributed by atoms with E-state index in [-0.39, 0.29) is 5.41 Å². The van der Waals surface area contributed by atoms with E-state index in [2.05, 4.69) is 0 Å². The highest BCUT2D eigenvalue weighted by atomic mass is 16.1. The maximum absolute atomic E-state index is 12.4. The van der Waals surface area contributed by atoms with Gasteiger partial charge in [-0.3, -0.25) is 4.79 Å². The van der Waals surface area contributed by atoms with Crippen LogP contribution in [0.3, 0.4) is 0 Å². The van der Waals surface area contributed by atoms with Crippen molar-refractivity contribution in [2.45, 2.75) is 37.5 Å². The maximum atomic E-state index is 12.4. The first-order valence-electron chi connectivity index (χ1n) is 6.13. The molecule has 2 nitrogen and oxygen atoms in total. The summed E-state index contributed by atoms with van der Waals surface area (Å²) in [6, 6.07) is 7.87. The van der Waals surface area contributed by atoms with Crippen LogP contribution in [0.2, 0.25) is 0 Å². The molecule has 0 radical (unpaired) electrons. The lowest BCUT2D eigenvalue weighted by Gasteiger charge is -2.28. The van der Waals surface area contributed by atoms with Gasteiger partial charge >= 0.3 is 0 Å². The number of Topliss-reactive ketones (excluding diaryl/α,β-unsaturated/α-hetero) is 1. The van der Waals surface area contributed by atoms with Crippen LogP contribution in [0.25, 0.3) is 0 Å².